The van der Waals surface area contributed by atoms with E-state index >= 15 is 0 Å². The number of aromatic nitrogens is 1. The van der Waals surface area contributed by atoms with Crippen LogP contribution in [-0.4, -0.2) is 27.9 Å². The average Bonchev–Trinajstić information content (AvgIpc) is 2.58. The summed E-state index contributed by atoms with van der Waals surface area (Å²) in [5.41, 5.74) is 0.490. The third kappa shape index (κ3) is 2.12. The molecule has 2 rings (SSSR count). The maximum Gasteiger partial charge on any atom is 0.272 e. The molecule has 1 fully saturated rings. The molecule has 4 heteroatoms. The minimum Gasteiger partial charge on any atom is -0.332 e. The van der Waals surface area contributed by atoms with Crippen molar-refractivity contribution in [2.45, 2.75) is 32.2 Å². The molecule has 0 saturated carbocycles. The number of pyridine rings is 1. The van der Waals surface area contributed by atoms with Crippen LogP contribution >= 0.6 is 15.9 Å². The largest absolute Gasteiger partial charge is 0.332 e. The lowest BCUT2D eigenvalue weighted by atomic mass is 10.0. The minimum absolute atomic E-state index is 0.0359. The molecule has 0 aromatic carbocycles. The highest BCUT2D eigenvalue weighted by Crippen LogP contribution is 2.29. The highest BCUT2D eigenvalue weighted by atomic mass is 79.9. The molecule has 0 spiro atoms. The van der Waals surface area contributed by atoms with Gasteiger partial charge in [-0.3, -0.25) is 4.79 Å². The Bertz CT molecular complexity index is 400. The Labute approximate surface area is 104 Å². The van der Waals surface area contributed by atoms with Gasteiger partial charge < -0.3 is 4.90 Å². The zero-order valence-electron chi connectivity index (χ0n) is 9.53. The average molecular weight is 283 g/mol. The van der Waals surface area contributed by atoms with Crippen molar-refractivity contribution in [2.24, 2.45) is 0 Å². The first-order chi connectivity index (χ1) is 7.50. The monoisotopic (exact) mass is 282 g/mol. The maximum atomic E-state index is 12.2. The van der Waals surface area contributed by atoms with Crippen LogP contribution in [-0.2, 0) is 0 Å². The van der Waals surface area contributed by atoms with E-state index in [2.05, 4.69) is 34.8 Å². The summed E-state index contributed by atoms with van der Waals surface area (Å²) in [6.45, 7) is 5.05. The standard InChI is InChI=1S/C12H15BrN2O/c1-12(2)6-3-7-15(12)11(16)10-5-4-9(13)8-14-10/h4-5,8H,3,6-7H2,1-2H3. The molecule has 0 aliphatic carbocycles. The van der Waals surface area contributed by atoms with Gasteiger partial charge in [0.1, 0.15) is 5.69 Å². The Morgan fingerprint density at radius 1 is 1.50 bits per heavy atom. The van der Waals surface area contributed by atoms with Gasteiger partial charge in [0.05, 0.1) is 0 Å². The fraction of sp³-hybridized carbons (Fsp3) is 0.500. The Kier molecular flexibility index (Phi) is 3.02. The highest BCUT2D eigenvalue weighted by Gasteiger charge is 2.36. The first-order valence-electron chi connectivity index (χ1n) is 5.44. The summed E-state index contributed by atoms with van der Waals surface area (Å²) in [5, 5.41) is 0. The molecule has 0 radical (unpaired) electrons. The Hall–Kier alpha value is -0.900. The van der Waals surface area contributed by atoms with Crippen LogP contribution < -0.4 is 0 Å². The zero-order chi connectivity index (χ0) is 11.8. The van der Waals surface area contributed by atoms with Crippen molar-refractivity contribution in [3.63, 3.8) is 0 Å². The van der Waals surface area contributed by atoms with E-state index in [1.165, 1.54) is 0 Å². The Balaban J connectivity index is 2.22. The molecular formula is C12H15BrN2O. The van der Waals surface area contributed by atoms with E-state index in [1.54, 1.807) is 12.3 Å². The summed E-state index contributed by atoms with van der Waals surface area (Å²) in [6.07, 6.45) is 3.81. The van der Waals surface area contributed by atoms with Gasteiger partial charge in [-0.25, -0.2) is 4.98 Å². The third-order valence-corrected chi connectivity index (χ3v) is 3.56. The van der Waals surface area contributed by atoms with Crippen LogP contribution in [0, 0.1) is 0 Å². The van der Waals surface area contributed by atoms with Gasteiger partial charge in [0.25, 0.3) is 5.91 Å². The van der Waals surface area contributed by atoms with Crippen molar-refractivity contribution in [1.29, 1.82) is 0 Å². The van der Waals surface area contributed by atoms with E-state index in [1.807, 2.05) is 11.0 Å². The fourth-order valence-corrected chi connectivity index (χ4v) is 2.36. The summed E-state index contributed by atoms with van der Waals surface area (Å²) in [5.74, 6) is 0.0370. The topological polar surface area (TPSA) is 33.2 Å². The number of carbonyl (C=O) groups excluding carboxylic acids is 1. The van der Waals surface area contributed by atoms with Crippen molar-refractivity contribution in [2.75, 3.05) is 6.54 Å². The summed E-state index contributed by atoms with van der Waals surface area (Å²) in [7, 11) is 0. The molecule has 0 bridgehead atoms. The van der Waals surface area contributed by atoms with Crippen molar-refractivity contribution in [3.8, 4) is 0 Å². The quantitative estimate of drug-likeness (QED) is 0.794. The van der Waals surface area contributed by atoms with Crippen molar-refractivity contribution in [1.82, 2.24) is 9.88 Å². The van der Waals surface area contributed by atoms with Crippen molar-refractivity contribution >= 4 is 21.8 Å². The second-order valence-electron chi connectivity index (χ2n) is 4.73. The number of amides is 1. The first-order valence-corrected chi connectivity index (χ1v) is 6.23. The SMILES string of the molecule is CC1(C)CCCN1C(=O)c1ccc(Br)cn1. The van der Waals surface area contributed by atoms with Gasteiger partial charge in [-0.1, -0.05) is 0 Å². The molecule has 0 atom stereocenters. The van der Waals surface area contributed by atoms with Crippen molar-refractivity contribution < 1.29 is 4.79 Å². The predicted molar refractivity (Wildman–Crippen MR) is 66.3 cm³/mol. The van der Waals surface area contributed by atoms with E-state index in [9.17, 15) is 4.79 Å². The van der Waals surface area contributed by atoms with E-state index in [4.69, 9.17) is 0 Å². The molecule has 2 heterocycles. The second kappa shape index (κ2) is 4.17. The van der Waals surface area contributed by atoms with E-state index in [0.29, 0.717) is 5.69 Å². The maximum absolute atomic E-state index is 12.2. The molecule has 0 unspecified atom stereocenters. The molecule has 1 aromatic rings. The van der Waals surface area contributed by atoms with Crippen LogP contribution in [0.3, 0.4) is 0 Å². The zero-order valence-corrected chi connectivity index (χ0v) is 11.1. The molecule has 0 N–H and O–H groups in total. The molecule has 1 aliphatic rings. The Morgan fingerprint density at radius 3 is 2.75 bits per heavy atom. The van der Waals surface area contributed by atoms with Crippen LogP contribution in [0.5, 0.6) is 0 Å². The molecule has 1 aliphatic heterocycles. The number of halogens is 1. The molecule has 1 amide bonds. The Morgan fingerprint density at radius 2 is 2.25 bits per heavy atom. The lowest BCUT2D eigenvalue weighted by Crippen LogP contribution is -2.42. The van der Waals surface area contributed by atoms with Gasteiger partial charge in [-0.05, 0) is 54.8 Å². The highest BCUT2D eigenvalue weighted by molar-refractivity contribution is 9.10. The van der Waals surface area contributed by atoms with Crippen LogP contribution in [0.4, 0.5) is 0 Å². The second-order valence-corrected chi connectivity index (χ2v) is 5.65. The fourth-order valence-electron chi connectivity index (χ4n) is 2.12. The number of rotatable bonds is 1. The number of nitrogens with zero attached hydrogens (tertiary/aromatic N) is 2. The number of hydrogen-bond acceptors (Lipinski definition) is 2. The van der Waals surface area contributed by atoms with Gasteiger partial charge in [-0.15, -0.1) is 0 Å². The van der Waals surface area contributed by atoms with Crippen LogP contribution in [0.25, 0.3) is 0 Å². The van der Waals surface area contributed by atoms with Crippen molar-refractivity contribution in [3.05, 3.63) is 28.5 Å². The van der Waals surface area contributed by atoms with Crippen LogP contribution in [0.15, 0.2) is 22.8 Å². The lowest BCUT2D eigenvalue weighted by Gasteiger charge is -2.31. The number of carbonyl (C=O) groups is 1. The van der Waals surface area contributed by atoms with Gasteiger partial charge in [0.15, 0.2) is 0 Å². The summed E-state index contributed by atoms with van der Waals surface area (Å²) < 4.78 is 0.893. The predicted octanol–water partition coefficient (Wildman–Crippen LogP) is 2.86. The van der Waals surface area contributed by atoms with Crippen LogP contribution in [0.1, 0.15) is 37.2 Å². The van der Waals surface area contributed by atoms with E-state index in [-0.39, 0.29) is 11.4 Å². The minimum atomic E-state index is -0.0359. The van der Waals surface area contributed by atoms with E-state index in [0.717, 1.165) is 23.9 Å². The third-order valence-electron chi connectivity index (χ3n) is 3.09. The van der Waals surface area contributed by atoms with Gasteiger partial charge in [0.2, 0.25) is 0 Å². The van der Waals surface area contributed by atoms with Crippen LogP contribution in [0.2, 0.25) is 0 Å². The smallest absolute Gasteiger partial charge is 0.272 e. The van der Waals surface area contributed by atoms with Gasteiger partial charge in [-0.2, -0.15) is 0 Å². The normalized spacial score (nSPS) is 18.8. The molecule has 1 aromatic heterocycles. The van der Waals surface area contributed by atoms with Gasteiger partial charge >= 0.3 is 0 Å². The molecule has 1 saturated heterocycles. The number of hydrogen-bond donors (Lipinski definition) is 0. The summed E-state index contributed by atoms with van der Waals surface area (Å²) in [6, 6.07) is 3.62. The first kappa shape index (κ1) is 11.6. The molecule has 3 nitrogen and oxygen atoms in total. The summed E-state index contributed by atoms with van der Waals surface area (Å²) in [4.78, 5) is 18.3. The lowest BCUT2D eigenvalue weighted by molar-refractivity contribution is 0.0646. The number of likely N-dealkylation sites (tertiary alicyclic amines) is 1. The van der Waals surface area contributed by atoms with Gasteiger partial charge in [0, 0.05) is 22.8 Å². The van der Waals surface area contributed by atoms with E-state index < -0.39 is 0 Å². The molecule has 86 valence electrons. The summed E-state index contributed by atoms with van der Waals surface area (Å²) >= 11 is 3.31. The molecule has 16 heavy (non-hydrogen) atoms. The molecular weight excluding hydrogens is 268 g/mol.